The maximum atomic E-state index is 13.1. The first-order chi connectivity index (χ1) is 45.4. The topological polar surface area (TPSA) is 237 Å². The second kappa shape index (κ2) is 66.4. The predicted molar refractivity (Wildman–Crippen MR) is 381 cm³/mol. The third-order valence-corrected chi connectivity index (χ3v) is 18.7. The predicted octanol–water partition coefficient (Wildman–Crippen LogP) is 21.5. The van der Waals surface area contributed by atoms with Crippen molar-refractivity contribution in [1.29, 1.82) is 0 Å². The molecule has 5 atom stereocenters. The molecule has 0 aliphatic carbocycles. The minimum atomic E-state index is -4.96. The number of rotatable bonds is 72. The minimum absolute atomic E-state index is 0.101. The summed E-state index contributed by atoms with van der Waals surface area (Å²) < 4.78 is 68.4. The third-order valence-electron chi connectivity index (χ3n) is 16.8. The molecule has 0 saturated carbocycles. The molecule has 17 nitrogen and oxygen atoms in total. The average molecular weight is 1380 g/mol. The summed E-state index contributed by atoms with van der Waals surface area (Å²) in [6.07, 6.45) is 56.4. The maximum absolute atomic E-state index is 13.1. The first-order valence-corrected chi connectivity index (χ1v) is 41.3. The Labute approximate surface area is 573 Å². The van der Waals surface area contributed by atoms with Gasteiger partial charge in [0.25, 0.3) is 0 Å². The van der Waals surface area contributed by atoms with Gasteiger partial charge in [-0.05, 0) is 63.2 Å². The summed E-state index contributed by atoms with van der Waals surface area (Å²) in [6, 6.07) is 0. The van der Waals surface area contributed by atoms with Gasteiger partial charge >= 0.3 is 39.5 Å². The van der Waals surface area contributed by atoms with Crippen molar-refractivity contribution in [1.82, 2.24) is 0 Å². The Morgan fingerprint density at radius 2 is 0.574 bits per heavy atom. The number of carbonyl (C=O) groups is 4. The van der Waals surface area contributed by atoms with Crippen LogP contribution in [0.2, 0.25) is 0 Å². The van der Waals surface area contributed by atoms with E-state index in [0.717, 1.165) is 121 Å². The molecule has 554 valence electrons. The fourth-order valence-electron chi connectivity index (χ4n) is 10.9. The monoisotopic (exact) mass is 1380 g/mol. The molecule has 0 aromatic carbocycles. The number of esters is 4. The number of ether oxygens (including phenoxy) is 4. The molecule has 0 aliphatic heterocycles. The van der Waals surface area contributed by atoms with Crippen LogP contribution in [-0.4, -0.2) is 96.7 Å². The van der Waals surface area contributed by atoms with E-state index in [1.165, 1.54) is 154 Å². The van der Waals surface area contributed by atoms with Crippen molar-refractivity contribution in [3.63, 3.8) is 0 Å². The number of unbranched alkanes of at least 4 members (excludes halogenated alkanes) is 39. The summed E-state index contributed by atoms with van der Waals surface area (Å²) in [7, 11) is -9.92. The van der Waals surface area contributed by atoms with Crippen molar-refractivity contribution in [3.8, 4) is 0 Å². The summed E-state index contributed by atoms with van der Waals surface area (Å²) in [4.78, 5) is 72.7. The Morgan fingerprint density at radius 1 is 0.330 bits per heavy atom. The molecule has 0 heterocycles. The van der Waals surface area contributed by atoms with E-state index in [0.29, 0.717) is 31.6 Å². The van der Waals surface area contributed by atoms with Crippen LogP contribution in [0.15, 0.2) is 24.3 Å². The molecule has 0 aromatic heterocycles. The summed E-state index contributed by atoms with van der Waals surface area (Å²) in [5.41, 5.74) is 0. The highest BCUT2D eigenvalue weighted by Gasteiger charge is 2.30. The summed E-state index contributed by atoms with van der Waals surface area (Å²) >= 11 is 0. The number of hydrogen-bond acceptors (Lipinski definition) is 15. The van der Waals surface area contributed by atoms with Crippen LogP contribution in [0.25, 0.3) is 0 Å². The average Bonchev–Trinajstić information content (AvgIpc) is 1.24. The van der Waals surface area contributed by atoms with Crippen molar-refractivity contribution in [2.45, 2.75) is 381 Å². The molecule has 0 spiro atoms. The molecule has 3 N–H and O–H groups in total. The lowest BCUT2D eigenvalue weighted by atomic mass is 10.0. The lowest BCUT2D eigenvalue weighted by Gasteiger charge is -2.21. The number of carbonyl (C=O) groups excluding carboxylic acids is 4. The van der Waals surface area contributed by atoms with Gasteiger partial charge in [0.05, 0.1) is 26.4 Å². The molecule has 0 aliphatic rings. The van der Waals surface area contributed by atoms with Crippen molar-refractivity contribution in [2.24, 2.45) is 11.8 Å². The third kappa shape index (κ3) is 68.1. The van der Waals surface area contributed by atoms with Crippen molar-refractivity contribution < 1.29 is 80.2 Å². The first-order valence-electron chi connectivity index (χ1n) is 38.3. The van der Waals surface area contributed by atoms with Gasteiger partial charge in [0, 0.05) is 25.7 Å². The second-order valence-corrected chi connectivity index (χ2v) is 30.2. The molecule has 2 unspecified atom stereocenters. The molecule has 0 rings (SSSR count). The lowest BCUT2D eigenvalue weighted by molar-refractivity contribution is -0.161. The minimum Gasteiger partial charge on any atom is -0.462 e. The molecule has 0 fully saturated rings. The van der Waals surface area contributed by atoms with Crippen LogP contribution in [0.5, 0.6) is 0 Å². The van der Waals surface area contributed by atoms with Gasteiger partial charge < -0.3 is 33.8 Å². The first kappa shape index (κ1) is 91.5. The summed E-state index contributed by atoms with van der Waals surface area (Å²) in [5, 5.41) is 10.6. The molecule has 94 heavy (non-hydrogen) atoms. The quantitative estimate of drug-likeness (QED) is 0.0169. The molecular weight excluding hydrogens is 1230 g/mol. The van der Waals surface area contributed by atoms with Crippen molar-refractivity contribution >= 4 is 39.5 Å². The maximum Gasteiger partial charge on any atom is 0.472 e. The van der Waals surface area contributed by atoms with Crippen LogP contribution < -0.4 is 0 Å². The molecule has 0 aromatic rings. The van der Waals surface area contributed by atoms with Crippen LogP contribution >= 0.6 is 15.6 Å². The fraction of sp³-hybridized carbons (Fsp3) is 0.893. The van der Waals surface area contributed by atoms with Crippen LogP contribution in [0.4, 0.5) is 0 Å². The SMILES string of the molecule is CCCCCC/C=C\C=C/CCCCCCCC(=O)OC[C@H](COP(=O)(O)OC[C@@H](O)COP(=O)(O)OC[C@@H](COC(=O)CCCCCCCCCC(C)C)OC(=O)CCCCCCCCCCCC(C)C)OC(=O)CCCCCCCCCCCCCCCCCCC. The number of aliphatic hydroxyl groups is 1. The van der Waals surface area contributed by atoms with Gasteiger partial charge in [0.15, 0.2) is 12.2 Å². The summed E-state index contributed by atoms with van der Waals surface area (Å²) in [5.74, 6) is -0.711. The van der Waals surface area contributed by atoms with E-state index in [1.54, 1.807) is 0 Å². The van der Waals surface area contributed by atoms with E-state index >= 15 is 0 Å². The number of allylic oxidation sites excluding steroid dienone is 4. The van der Waals surface area contributed by atoms with Crippen LogP contribution in [-0.2, 0) is 65.4 Å². The van der Waals surface area contributed by atoms with Gasteiger partial charge in [0.2, 0.25) is 0 Å². The van der Waals surface area contributed by atoms with Crippen LogP contribution in [0.3, 0.4) is 0 Å². The van der Waals surface area contributed by atoms with Crippen LogP contribution in [0.1, 0.15) is 363 Å². The van der Waals surface area contributed by atoms with E-state index in [1.807, 2.05) is 0 Å². The van der Waals surface area contributed by atoms with Gasteiger partial charge in [-0.2, -0.15) is 0 Å². The highest BCUT2D eigenvalue weighted by molar-refractivity contribution is 7.47. The molecular formula is C75H142O17P2. The standard InChI is InChI=1S/C75H142O17P2/c1-7-9-11-13-15-17-19-21-23-24-26-28-30-34-40-47-53-59-74(79)91-70(63-85-72(77)57-51-45-39-33-29-27-25-22-20-18-16-14-12-10-8-2)65-89-93(81,82)87-61-69(76)62-88-94(83,84)90-66-71(64-86-73(78)58-52-46-42-36-38-44-50-56-68(5)6)92-75(80)60-54-48-41-35-31-32-37-43-49-55-67(3)4/h18,20,22,25,67-71,76H,7-17,19,21,23-24,26-66H2,1-6H3,(H,81,82)(H,83,84)/b20-18-,25-22-/t69-,70-,71-/m1/s1. The van der Waals surface area contributed by atoms with E-state index in [9.17, 15) is 43.2 Å². The molecule has 0 amide bonds. The normalized spacial score (nSPS) is 14.2. The van der Waals surface area contributed by atoms with Crippen molar-refractivity contribution in [3.05, 3.63) is 24.3 Å². The smallest absolute Gasteiger partial charge is 0.462 e. The van der Waals surface area contributed by atoms with Gasteiger partial charge in [0.1, 0.15) is 19.3 Å². The Bertz CT molecular complexity index is 1910. The van der Waals surface area contributed by atoms with Crippen molar-refractivity contribution in [2.75, 3.05) is 39.6 Å². The molecule has 0 saturated heterocycles. The molecule has 19 heteroatoms. The molecule has 0 bridgehead atoms. The number of phosphoric acid groups is 2. The second-order valence-electron chi connectivity index (χ2n) is 27.3. The van der Waals surface area contributed by atoms with E-state index in [2.05, 4.69) is 65.8 Å². The van der Waals surface area contributed by atoms with Gasteiger partial charge in [-0.15, -0.1) is 0 Å². The van der Waals surface area contributed by atoms with Crippen LogP contribution in [0, 0.1) is 11.8 Å². The Balaban J connectivity index is 5.28. The fourth-order valence-corrected chi connectivity index (χ4v) is 12.5. The Kier molecular flexibility index (Phi) is 64.7. The van der Waals surface area contributed by atoms with Gasteiger partial charge in [-0.25, -0.2) is 9.13 Å². The summed E-state index contributed by atoms with van der Waals surface area (Å²) in [6.45, 7) is 9.44. The Morgan fingerprint density at radius 3 is 0.872 bits per heavy atom. The highest BCUT2D eigenvalue weighted by atomic mass is 31.2. The van der Waals surface area contributed by atoms with Gasteiger partial charge in [-0.1, -0.05) is 310 Å². The number of phosphoric ester groups is 2. The zero-order valence-corrected chi connectivity index (χ0v) is 62.5. The number of hydrogen-bond donors (Lipinski definition) is 3. The lowest BCUT2D eigenvalue weighted by Crippen LogP contribution is -2.30. The van der Waals surface area contributed by atoms with E-state index < -0.39 is 97.5 Å². The van der Waals surface area contributed by atoms with E-state index in [-0.39, 0.29) is 25.7 Å². The molecule has 0 radical (unpaired) electrons. The zero-order chi connectivity index (χ0) is 69.3. The Hall–Kier alpha value is -2.46. The largest absolute Gasteiger partial charge is 0.472 e. The van der Waals surface area contributed by atoms with Gasteiger partial charge in [-0.3, -0.25) is 37.3 Å². The zero-order valence-electron chi connectivity index (χ0n) is 60.7. The highest BCUT2D eigenvalue weighted by Crippen LogP contribution is 2.45. The number of aliphatic hydroxyl groups excluding tert-OH is 1. The van der Waals surface area contributed by atoms with E-state index in [4.69, 9.17) is 37.0 Å².